The summed E-state index contributed by atoms with van der Waals surface area (Å²) in [6.45, 7) is 6.16. The second-order valence-corrected chi connectivity index (χ2v) is 17.7. The van der Waals surface area contributed by atoms with Gasteiger partial charge in [-0.2, -0.15) is 0 Å². The van der Waals surface area contributed by atoms with Crippen LogP contribution in [0.1, 0.15) is 18.1 Å². The quantitative estimate of drug-likeness (QED) is 0.140. The lowest BCUT2D eigenvalue weighted by molar-refractivity contribution is 1.56. The molecule has 0 N–H and O–H groups in total. The van der Waals surface area contributed by atoms with Crippen LogP contribution >= 0.6 is 11.3 Å². The molecule has 64 heavy (non-hydrogen) atoms. The maximum atomic E-state index is 4.09. The van der Waals surface area contributed by atoms with Crippen LogP contribution in [0.5, 0.6) is 0 Å². The Balaban J connectivity index is 1.04. The molecule has 0 atom stereocenters. The van der Waals surface area contributed by atoms with Gasteiger partial charge < -0.3 is 0 Å². The molecule has 0 aliphatic rings. The topological polar surface area (TPSA) is 0 Å². The fourth-order valence-corrected chi connectivity index (χ4v) is 11.6. The van der Waals surface area contributed by atoms with Crippen LogP contribution in [0.3, 0.4) is 0 Å². The lowest BCUT2D eigenvalue weighted by Gasteiger charge is -2.18. The summed E-state index contributed by atoms with van der Waals surface area (Å²) in [5.41, 5.74) is 14.8. The Morgan fingerprint density at radius 2 is 0.797 bits per heavy atom. The lowest BCUT2D eigenvalue weighted by Crippen LogP contribution is -1.91. The van der Waals surface area contributed by atoms with Gasteiger partial charge in [-0.25, -0.2) is 0 Å². The van der Waals surface area contributed by atoms with E-state index in [1.807, 2.05) is 17.4 Å². The van der Waals surface area contributed by atoms with Gasteiger partial charge in [0.05, 0.1) is 0 Å². The molecular formula is C63H42S. The van der Waals surface area contributed by atoms with E-state index in [1.165, 1.54) is 124 Å². The standard InChI is InChI=1S/C63H42S/c1-3-18-45-40(4-2)21-16-30-46(45)41-33-35-43(36-34-41)60-51-26-12-14-28-53(51)62(54-29-15-13-27-52(54)60)56-32-17-31-55-57-39-44(37-38-58(57)64-63(55)56)61-49-24-10-8-22-47(49)59(42-19-6-5-7-20-42)48-23-9-11-25-50(48)61/h3-39H,2H2,1H3/b18-3-. The SMILES string of the molecule is C=Cc1cccc(-c2ccc(-c3c4ccccc4c(-c4cccc5c4sc4ccc(-c6c7ccccc7c(-c7ccccc7)c7ccccc67)cc45)c4ccccc34)cc2)c1/C=C\C. The van der Waals surface area contributed by atoms with E-state index in [4.69, 9.17) is 0 Å². The van der Waals surface area contributed by atoms with Gasteiger partial charge in [-0.1, -0.05) is 219 Å². The van der Waals surface area contributed by atoms with E-state index >= 15 is 0 Å². The predicted octanol–water partition coefficient (Wildman–Crippen LogP) is 18.7. The number of hydrogen-bond donors (Lipinski definition) is 0. The Hall–Kier alpha value is -7.84. The van der Waals surface area contributed by atoms with E-state index in [9.17, 15) is 0 Å². The molecule has 0 aliphatic carbocycles. The lowest BCUT2D eigenvalue weighted by atomic mass is 9.85. The van der Waals surface area contributed by atoms with Crippen molar-refractivity contribution in [2.45, 2.75) is 6.92 Å². The molecule has 1 aromatic heterocycles. The van der Waals surface area contributed by atoms with Gasteiger partial charge >= 0.3 is 0 Å². The van der Waals surface area contributed by atoms with E-state index in [2.05, 4.69) is 232 Å². The Morgan fingerprint density at radius 3 is 1.34 bits per heavy atom. The van der Waals surface area contributed by atoms with Gasteiger partial charge in [0.25, 0.3) is 0 Å². The fourth-order valence-electron chi connectivity index (χ4n) is 10.4. The largest absolute Gasteiger partial charge is 0.135 e. The molecule has 0 saturated carbocycles. The zero-order valence-electron chi connectivity index (χ0n) is 35.5. The van der Waals surface area contributed by atoms with Crippen LogP contribution in [0, 0.1) is 0 Å². The van der Waals surface area contributed by atoms with Crippen molar-refractivity contribution in [2.75, 3.05) is 0 Å². The average Bonchev–Trinajstić information content (AvgIpc) is 3.74. The Labute approximate surface area is 377 Å². The minimum absolute atomic E-state index is 1.14. The molecule has 12 aromatic rings. The summed E-state index contributed by atoms with van der Waals surface area (Å²) < 4.78 is 2.61. The molecule has 0 aliphatic heterocycles. The minimum Gasteiger partial charge on any atom is -0.135 e. The second-order valence-electron chi connectivity index (χ2n) is 16.6. The summed E-state index contributed by atoms with van der Waals surface area (Å²) >= 11 is 1.91. The molecule has 0 nitrogen and oxygen atoms in total. The molecule has 0 spiro atoms. The summed E-state index contributed by atoms with van der Waals surface area (Å²) in [7, 11) is 0. The van der Waals surface area contributed by atoms with E-state index < -0.39 is 0 Å². The van der Waals surface area contributed by atoms with Crippen LogP contribution in [0.25, 0.3) is 131 Å². The summed E-state index contributed by atoms with van der Waals surface area (Å²) in [6, 6.07) is 76.4. The molecule has 0 amide bonds. The van der Waals surface area contributed by atoms with Crippen LogP contribution in [0.4, 0.5) is 0 Å². The maximum absolute atomic E-state index is 4.09. The number of fused-ring (bicyclic) bond motifs is 7. The minimum atomic E-state index is 1.14. The highest BCUT2D eigenvalue weighted by atomic mass is 32.1. The first-order valence-electron chi connectivity index (χ1n) is 22.1. The number of allylic oxidation sites excluding steroid dienone is 1. The van der Waals surface area contributed by atoms with Gasteiger partial charge in [-0.15, -0.1) is 11.3 Å². The smallest absolute Gasteiger partial charge is 0.0434 e. The second kappa shape index (κ2) is 15.5. The number of benzene rings is 11. The van der Waals surface area contributed by atoms with Gasteiger partial charge in [0, 0.05) is 25.7 Å². The van der Waals surface area contributed by atoms with Crippen molar-refractivity contribution in [3.05, 3.63) is 230 Å². The third-order valence-electron chi connectivity index (χ3n) is 13.2. The van der Waals surface area contributed by atoms with E-state index in [1.54, 1.807) is 0 Å². The van der Waals surface area contributed by atoms with Gasteiger partial charge in [0.2, 0.25) is 0 Å². The Morgan fingerprint density at radius 1 is 0.359 bits per heavy atom. The van der Waals surface area contributed by atoms with Crippen molar-refractivity contribution in [1.29, 1.82) is 0 Å². The molecule has 300 valence electrons. The van der Waals surface area contributed by atoms with Crippen molar-refractivity contribution in [3.8, 4) is 55.6 Å². The fraction of sp³-hybridized carbons (Fsp3) is 0.0159. The molecule has 11 aromatic carbocycles. The van der Waals surface area contributed by atoms with Gasteiger partial charge in [-0.05, 0) is 123 Å². The molecule has 0 bridgehead atoms. The normalized spacial score (nSPS) is 11.8. The first-order valence-corrected chi connectivity index (χ1v) is 22.9. The van der Waals surface area contributed by atoms with Crippen LogP contribution in [0.2, 0.25) is 0 Å². The Bertz CT molecular complexity index is 3730. The predicted molar refractivity (Wildman–Crippen MR) is 281 cm³/mol. The zero-order valence-corrected chi connectivity index (χ0v) is 36.3. The molecule has 12 rings (SSSR count). The van der Waals surface area contributed by atoms with E-state index in [0.717, 1.165) is 5.56 Å². The highest BCUT2D eigenvalue weighted by molar-refractivity contribution is 7.26. The number of thiophene rings is 1. The molecule has 0 radical (unpaired) electrons. The highest BCUT2D eigenvalue weighted by Crippen LogP contribution is 2.50. The molecule has 1 heterocycles. The van der Waals surface area contributed by atoms with E-state index in [0.29, 0.717) is 0 Å². The van der Waals surface area contributed by atoms with Crippen molar-refractivity contribution >= 4 is 86.8 Å². The van der Waals surface area contributed by atoms with Crippen LogP contribution in [-0.2, 0) is 0 Å². The summed E-state index contributed by atoms with van der Waals surface area (Å²) in [6.07, 6.45) is 6.23. The Kier molecular flexibility index (Phi) is 9.18. The molecular weight excluding hydrogens is 789 g/mol. The van der Waals surface area contributed by atoms with Crippen LogP contribution in [-0.4, -0.2) is 0 Å². The van der Waals surface area contributed by atoms with Crippen molar-refractivity contribution in [1.82, 2.24) is 0 Å². The summed E-state index contributed by atoms with van der Waals surface area (Å²) in [5, 5.41) is 12.7. The van der Waals surface area contributed by atoms with Gasteiger partial charge in [-0.3, -0.25) is 0 Å². The molecule has 0 saturated heterocycles. The first-order chi connectivity index (χ1) is 31.7. The van der Waals surface area contributed by atoms with Crippen molar-refractivity contribution in [2.24, 2.45) is 0 Å². The highest BCUT2D eigenvalue weighted by Gasteiger charge is 2.21. The summed E-state index contributed by atoms with van der Waals surface area (Å²) in [5.74, 6) is 0. The summed E-state index contributed by atoms with van der Waals surface area (Å²) in [4.78, 5) is 0. The zero-order chi connectivity index (χ0) is 42.7. The number of hydrogen-bond acceptors (Lipinski definition) is 1. The van der Waals surface area contributed by atoms with Crippen LogP contribution in [0.15, 0.2) is 219 Å². The molecule has 0 fully saturated rings. The monoisotopic (exact) mass is 830 g/mol. The van der Waals surface area contributed by atoms with Crippen LogP contribution < -0.4 is 0 Å². The van der Waals surface area contributed by atoms with Crippen molar-refractivity contribution in [3.63, 3.8) is 0 Å². The van der Waals surface area contributed by atoms with Gasteiger partial charge in [0.15, 0.2) is 0 Å². The van der Waals surface area contributed by atoms with Gasteiger partial charge in [0.1, 0.15) is 0 Å². The molecule has 0 unspecified atom stereocenters. The van der Waals surface area contributed by atoms with Crippen molar-refractivity contribution < 1.29 is 0 Å². The third-order valence-corrected chi connectivity index (χ3v) is 14.4. The first kappa shape index (κ1) is 37.9. The average molecular weight is 831 g/mol. The van der Waals surface area contributed by atoms with E-state index in [-0.39, 0.29) is 0 Å². The molecule has 1 heteroatoms. The maximum Gasteiger partial charge on any atom is 0.0434 e. The third kappa shape index (κ3) is 5.97. The number of rotatable bonds is 7.